The Labute approximate surface area is 120 Å². The molecule has 1 aliphatic rings. The van der Waals surface area contributed by atoms with Gasteiger partial charge in [0.05, 0.1) is 0 Å². The third kappa shape index (κ3) is 4.19. The van der Waals surface area contributed by atoms with E-state index in [-0.39, 0.29) is 0 Å². The molecule has 7 nitrogen and oxygen atoms in total. The zero-order valence-corrected chi connectivity index (χ0v) is 12.8. The van der Waals surface area contributed by atoms with Gasteiger partial charge in [-0.2, -0.15) is 15.0 Å². The summed E-state index contributed by atoms with van der Waals surface area (Å²) in [6.07, 6.45) is 2.61. The number of hydrogen-bond donors (Lipinski definition) is 1. The van der Waals surface area contributed by atoms with Gasteiger partial charge in [-0.3, -0.25) is 0 Å². The number of nitrogens with one attached hydrogen (secondary N) is 1. The fourth-order valence-electron chi connectivity index (χ4n) is 1.83. The van der Waals surface area contributed by atoms with Crippen molar-refractivity contribution >= 4 is 11.9 Å². The second kappa shape index (κ2) is 6.69. The largest absolute Gasteiger partial charge is 0.462 e. The number of hydrogen-bond acceptors (Lipinski definition) is 7. The van der Waals surface area contributed by atoms with Crippen LogP contribution in [0.15, 0.2) is 0 Å². The van der Waals surface area contributed by atoms with Gasteiger partial charge >= 0.3 is 6.01 Å². The van der Waals surface area contributed by atoms with Crippen LogP contribution in [-0.2, 0) is 0 Å². The number of anilines is 2. The Morgan fingerprint density at radius 1 is 1.20 bits per heavy atom. The molecule has 1 N–H and O–H groups in total. The quantitative estimate of drug-likeness (QED) is 0.757. The number of rotatable bonds is 8. The molecule has 0 radical (unpaired) electrons. The van der Waals surface area contributed by atoms with Crippen LogP contribution >= 0.6 is 0 Å². The monoisotopic (exact) mass is 280 g/mol. The molecule has 112 valence electrons. The molecule has 0 aliphatic heterocycles. The van der Waals surface area contributed by atoms with Crippen LogP contribution in [-0.4, -0.2) is 66.7 Å². The minimum Gasteiger partial charge on any atom is -0.462 e. The lowest BCUT2D eigenvalue weighted by molar-refractivity contribution is 0.220. The summed E-state index contributed by atoms with van der Waals surface area (Å²) < 4.78 is 5.66. The third-order valence-corrected chi connectivity index (χ3v) is 3.18. The average Bonchev–Trinajstić information content (AvgIpc) is 3.23. The maximum Gasteiger partial charge on any atom is 0.323 e. The molecule has 0 amide bonds. The molecular formula is C13H24N6O. The van der Waals surface area contributed by atoms with Crippen LogP contribution in [0.25, 0.3) is 0 Å². The Hall–Kier alpha value is -1.63. The summed E-state index contributed by atoms with van der Waals surface area (Å²) in [5, 5.41) is 3.09. The lowest BCUT2D eigenvalue weighted by Crippen LogP contribution is -2.26. The third-order valence-electron chi connectivity index (χ3n) is 3.18. The van der Waals surface area contributed by atoms with E-state index >= 15 is 0 Å². The molecule has 7 heteroatoms. The van der Waals surface area contributed by atoms with Crippen LogP contribution in [0.3, 0.4) is 0 Å². The standard InChI is InChI=1S/C13H24N6O/c1-5-14-11-15-12(18(2)3)17-13(16-11)20-9-8-19(4)10-6-7-10/h10H,5-9H2,1-4H3,(H,14,15,16,17). The van der Waals surface area contributed by atoms with E-state index in [0.717, 1.165) is 19.1 Å². The van der Waals surface area contributed by atoms with Crippen LogP contribution in [0, 0.1) is 0 Å². The van der Waals surface area contributed by atoms with Gasteiger partial charge in [0, 0.05) is 33.2 Å². The minimum atomic E-state index is 0.379. The van der Waals surface area contributed by atoms with Gasteiger partial charge in [0.15, 0.2) is 0 Å². The first-order valence-electron chi connectivity index (χ1n) is 7.10. The maximum atomic E-state index is 5.66. The van der Waals surface area contributed by atoms with Gasteiger partial charge in [-0.25, -0.2) is 0 Å². The van der Waals surface area contributed by atoms with E-state index in [1.54, 1.807) is 0 Å². The summed E-state index contributed by atoms with van der Waals surface area (Å²) >= 11 is 0. The van der Waals surface area contributed by atoms with Crippen molar-refractivity contribution in [1.82, 2.24) is 19.9 Å². The summed E-state index contributed by atoms with van der Waals surface area (Å²) in [4.78, 5) is 17.0. The lowest BCUT2D eigenvalue weighted by atomic mass is 10.5. The van der Waals surface area contributed by atoms with Crippen molar-refractivity contribution in [2.24, 2.45) is 0 Å². The molecule has 1 fully saturated rings. The Kier molecular flexibility index (Phi) is 4.94. The molecule has 20 heavy (non-hydrogen) atoms. The average molecular weight is 280 g/mol. The van der Waals surface area contributed by atoms with Crippen molar-refractivity contribution in [2.45, 2.75) is 25.8 Å². The highest BCUT2D eigenvalue weighted by atomic mass is 16.5. The summed E-state index contributed by atoms with van der Waals surface area (Å²) in [5.41, 5.74) is 0. The van der Waals surface area contributed by atoms with Gasteiger partial charge < -0.3 is 19.9 Å². The lowest BCUT2D eigenvalue weighted by Gasteiger charge is -2.16. The first-order chi connectivity index (χ1) is 9.60. The number of ether oxygens (including phenoxy) is 1. The van der Waals surface area contributed by atoms with Gasteiger partial charge in [-0.15, -0.1) is 0 Å². The van der Waals surface area contributed by atoms with Gasteiger partial charge in [-0.1, -0.05) is 0 Å². The Bertz CT molecular complexity index is 435. The van der Waals surface area contributed by atoms with Crippen molar-refractivity contribution in [3.63, 3.8) is 0 Å². The topological polar surface area (TPSA) is 66.4 Å². The predicted octanol–water partition coefficient (Wildman–Crippen LogP) is 0.842. The molecule has 0 atom stereocenters. The van der Waals surface area contributed by atoms with Crippen molar-refractivity contribution < 1.29 is 4.74 Å². The summed E-state index contributed by atoms with van der Waals surface area (Å²) in [5.74, 6) is 1.15. The van der Waals surface area contributed by atoms with Gasteiger partial charge in [0.1, 0.15) is 6.61 Å². The fourth-order valence-corrected chi connectivity index (χ4v) is 1.83. The van der Waals surface area contributed by atoms with Crippen molar-refractivity contribution in [1.29, 1.82) is 0 Å². The van der Waals surface area contributed by atoms with E-state index in [4.69, 9.17) is 4.74 Å². The molecule has 0 saturated heterocycles. The molecule has 0 aromatic carbocycles. The van der Waals surface area contributed by atoms with Crippen LogP contribution in [0.1, 0.15) is 19.8 Å². The van der Waals surface area contributed by atoms with Gasteiger partial charge in [0.2, 0.25) is 11.9 Å². The van der Waals surface area contributed by atoms with Crippen LogP contribution in [0.4, 0.5) is 11.9 Å². The smallest absolute Gasteiger partial charge is 0.323 e. The van der Waals surface area contributed by atoms with Crippen molar-refractivity contribution in [2.75, 3.05) is 51.1 Å². The summed E-state index contributed by atoms with van der Waals surface area (Å²) in [7, 11) is 5.93. The van der Waals surface area contributed by atoms with E-state index < -0.39 is 0 Å². The highest BCUT2D eigenvalue weighted by Gasteiger charge is 2.25. The fraction of sp³-hybridized carbons (Fsp3) is 0.769. The van der Waals surface area contributed by atoms with Crippen molar-refractivity contribution in [3.8, 4) is 6.01 Å². The van der Waals surface area contributed by atoms with Crippen LogP contribution in [0.2, 0.25) is 0 Å². The molecular weight excluding hydrogens is 256 g/mol. The predicted molar refractivity (Wildman–Crippen MR) is 79.5 cm³/mol. The summed E-state index contributed by atoms with van der Waals surface area (Å²) in [6, 6.07) is 1.12. The number of aromatic nitrogens is 3. The number of nitrogens with zero attached hydrogens (tertiary/aromatic N) is 5. The molecule has 1 saturated carbocycles. The Morgan fingerprint density at radius 3 is 2.55 bits per heavy atom. The molecule has 1 aliphatic carbocycles. The highest BCUT2D eigenvalue weighted by molar-refractivity contribution is 5.36. The zero-order chi connectivity index (χ0) is 14.5. The molecule has 0 unspecified atom stereocenters. The molecule has 1 heterocycles. The van der Waals surface area contributed by atoms with Crippen LogP contribution in [0.5, 0.6) is 6.01 Å². The minimum absolute atomic E-state index is 0.379. The van der Waals surface area contributed by atoms with E-state index in [2.05, 4.69) is 32.2 Å². The molecule has 1 aromatic heterocycles. The zero-order valence-electron chi connectivity index (χ0n) is 12.8. The Balaban J connectivity index is 1.94. The van der Waals surface area contributed by atoms with Crippen LogP contribution < -0.4 is 15.0 Å². The number of likely N-dealkylation sites (N-methyl/N-ethyl adjacent to an activating group) is 1. The maximum absolute atomic E-state index is 5.66. The molecule has 0 bridgehead atoms. The Morgan fingerprint density at radius 2 is 1.95 bits per heavy atom. The van der Waals surface area contributed by atoms with E-state index in [0.29, 0.717) is 24.5 Å². The first kappa shape index (κ1) is 14.8. The van der Waals surface area contributed by atoms with E-state index in [1.165, 1.54) is 12.8 Å². The highest BCUT2D eigenvalue weighted by Crippen LogP contribution is 2.24. The second-order valence-corrected chi connectivity index (χ2v) is 5.23. The van der Waals surface area contributed by atoms with E-state index in [9.17, 15) is 0 Å². The van der Waals surface area contributed by atoms with Crippen molar-refractivity contribution in [3.05, 3.63) is 0 Å². The van der Waals surface area contributed by atoms with E-state index in [1.807, 2.05) is 25.9 Å². The molecule has 2 rings (SSSR count). The van der Waals surface area contributed by atoms with Gasteiger partial charge in [-0.05, 0) is 26.8 Å². The molecule has 0 spiro atoms. The molecule has 1 aromatic rings. The normalized spacial score (nSPS) is 14.4. The summed E-state index contributed by atoms with van der Waals surface area (Å²) in [6.45, 7) is 4.25. The second-order valence-electron chi connectivity index (χ2n) is 5.23. The van der Waals surface area contributed by atoms with Gasteiger partial charge in [0.25, 0.3) is 0 Å². The first-order valence-corrected chi connectivity index (χ1v) is 7.10. The SMILES string of the molecule is CCNc1nc(OCCN(C)C2CC2)nc(N(C)C)n1.